The quantitative estimate of drug-likeness (QED) is 0.333. The highest BCUT2D eigenvalue weighted by molar-refractivity contribution is 5.84. The van der Waals surface area contributed by atoms with Crippen LogP contribution in [0.3, 0.4) is 0 Å². The van der Waals surface area contributed by atoms with E-state index in [0.29, 0.717) is 17.9 Å². The molecule has 0 aliphatic carbocycles. The summed E-state index contributed by atoms with van der Waals surface area (Å²) >= 11 is 0. The smallest absolute Gasteiger partial charge is 0.227 e. The number of H-pyrrole nitrogens is 1. The molecule has 1 amide bonds. The second-order valence-electron chi connectivity index (χ2n) is 10.2. The van der Waals surface area contributed by atoms with E-state index in [1.165, 1.54) is 5.56 Å². The summed E-state index contributed by atoms with van der Waals surface area (Å²) in [6.07, 6.45) is 4.59. The second-order valence-corrected chi connectivity index (χ2v) is 10.2. The molecule has 0 spiro atoms. The Morgan fingerprint density at radius 3 is 2.62 bits per heavy atom. The molecule has 5 aromatic rings. The largest absolute Gasteiger partial charge is 0.497 e. The van der Waals surface area contributed by atoms with Gasteiger partial charge in [0.05, 0.1) is 19.6 Å². The van der Waals surface area contributed by atoms with Crippen LogP contribution in [-0.2, 0) is 23.2 Å². The minimum Gasteiger partial charge on any atom is -0.497 e. The third-order valence-electron chi connectivity index (χ3n) is 7.71. The SMILES string of the molecule is COc1ccc2c(c1)CCN(C(=O)Cc1ccc3oc(C(C)(O)c4cc[nH+]cc4)cc3c1)C2c1ccccc1. The highest BCUT2D eigenvalue weighted by atomic mass is 16.5. The van der Waals surface area contributed by atoms with E-state index in [1.54, 1.807) is 26.4 Å². The maximum Gasteiger partial charge on any atom is 0.227 e. The number of aromatic amines is 1. The number of aromatic nitrogens is 1. The lowest BCUT2D eigenvalue weighted by Gasteiger charge is -2.38. The first-order chi connectivity index (χ1) is 18.9. The molecule has 2 unspecified atom stereocenters. The Labute approximate surface area is 227 Å². The molecule has 3 heterocycles. The number of nitrogens with zero attached hydrogens (tertiary/aromatic N) is 1. The zero-order valence-corrected chi connectivity index (χ0v) is 22.1. The van der Waals surface area contributed by atoms with Crippen LogP contribution < -0.4 is 9.72 Å². The molecule has 6 rings (SSSR count). The van der Waals surface area contributed by atoms with Crippen molar-refractivity contribution in [2.75, 3.05) is 13.7 Å². The summed E-state index contributed by atoms with van der Waals surface area (Å²) < 4.78 is 11.5. The standard InChI is InChI=1S/C33H30N2O4/c1-33(37,26-12-15-34-16-13-26)30-21-25-18-22(8-11-29(25)39-30)19-31(36)35-17-14-24-20-27(38-2)9-10-28(24)32(35)23-6-4-3-5-7-23/h3-13,15-16,18,20-21,32,37H,14,17,19H2,1-2H3/p+1. The van der Waals surface area contributed by atoms with Gasteiger partial charge < -0.3 is 19.2 Å². The molecule has 39 heavy (non-hydrogen) atoms. The van der Waals surface area contributed by atoms with Gasteiger partial charge in [-0.25, -0.2) is 4.98 Å². The number of hydrogen-bond donors (Lipinski definition) is 1. The van der Waals surface area contributed by atoms with Gasteiger partial charge in [0.2, 0.25) is 5.91 Å². The fourth-order valence-electron chi connectivity index (χ4n) is 5.57. The molecule has 0 bridgehead atoms. The van der Waals surface area contributed by atoms with Gasteiger partial charge in [-0.2, -0.15) is 0 Å². The third kappa shape index (κ3) is 4.68. The summed E-state index contributed by atoms with van der Waals surface area (Å²) in [6, 6.07) is 27.5. The summed E-state index contributed by atoms with van der Waals surface area (Å²) in [4.78, 5) is 18.8. The van der Waals surface area contributed by atoms with Gasteiger partial charge in [0.1, 0.15) is 22.7 Å². The normalized spacial score (nSPS) is 16.5. The first-order valence-corrected chi connectivity index (χ1v) is 13.2. The van der Waals surface area contributed by atoms with E-state index >= 15 is 0 Å². The monoisotopic (exact) mass is 519 g/mol. The van der Waals surface area contributed by atoms with Crippen LogP contribution in [0.15, 0.2) is 102 Å². The number of carbonyl (C=O) groups excluding carboxylic acids is 1. The summed E-state index contributed by atoms with van der Waals surface area (Å²) in [5.41, 5.74) is 4.46. The highest BCUT2D eigenvalue weighted by Crippen LogP contribution is 2.38. The number of methoxy groups -OCH3 is 1. The Bertz CT molecular complexity index is 1630. The fourth-order valence-corrected chi connectivity index (χ4v) is 5.57. The number of fused-ring (bicyclic) bond motifs is 2. The van der Waals surface area contributed by atoms with Gasteiger partial charge in [0, 0.05) is 29.6 Å². The molecule has 0 radical (unpaired) electrons. The lowest BCUT2D eigenvalue weighted by Crippen LogP contribution is -2.41. The zero-order valence-electron chi connectivity index (χ0n) is 22.1. The maximum absolute atomic E-state index is 13.8. The topological polar surface area (TPSA) is 77.0 Å². The highest BCUT2D eigenvalue weighted by Gasteiger charge is 2.33. The number of benzene rings is 3. The lowest BCUT2D eigenvalue weighted by atomic mass is 9.87. The fraction of sp³-hybridized carbons (Fsp3) is 0.212. The van der Waals surface area contributed by atoms with Crippen LogP contribution in [0.5, 0.6) is 5.75 Å². The molecule has 2 atom stereocenters. The average Bonchev–Trinajstić information content (AvgIpc) is 3.41. The summed E-state index contributed by atoms with van der Waals surface area (Å²) in [7, 11) is 1.68. The number of carbonyl (C=O) groups is 1. The molecule has 0 saturated carbocycles. The van der Waals surface area contributed by atoms with Crippen LogP contribution in [0.25, 0.3) is 11.0 Å². The van der Waals surface area contributed by atoms with Gasteiger partial charge in [0.15, 0.2) is 12.4 Å². The first-order valence-electron chi connectivity index (χ1n) is 13.2. The van der Waals surface area contributed by atoms with Gasteiger partial charge >= 0.3 is 0 Å². The minimum absolute atomic E-state index is 0.0703. The Hall–Kier alpha value is -4.42. The number of hydrogen-bond acceptors (Lipinski definition) is 4. The van der Waals surface area contributed by atoms with Crippen molar-refractivity contribution in [1.29, 1.82) is 0 Å². The molecular weight excluding hydrogens is 488 g/mol. The Morgan fingerprint density at radius 1 is 1.05 bits per heavy atom. The molecule has 0 fully saturated rings. The van der Waals surface area contributed by atoms with E-state index < -0.39 is 5.60 Å². The predicted octanol–water partition coefficient (Wildman–Crippen LogP) is 5.23. The number of rotatable bonds is 6. The molecule has 6 heteroatoms. The van der Waals surface area contributed by atoms with Crippen LogP contribution >= 0.6 is 0 Å². The van der Waals surface area contributed by atoms with E-state index in [9.17, 15) is 9.90 Å². The first kappa shape index (κ1) is 24.9. The third-order valence-corrected chi connectivity index (χ3v) is 7.71. The number of nitrogens with one attached hydrogen (secondary N) is 1. The molecule has 196 valence electrons. The number of ether oxygens (including phenoxy) is 1. The summed E-state index contributed by atoms with van der Waals surface area (Å²) in [5.74, 6) is 1.36. The van der Waals surface area contributed by atoms with E-state index in [1.807, 2.05) is 65.6 Å². The molecule has 3 aromatic carbocycles. The number of aliphatic hydroxyl groups is 1. The Morgan fingerprint density at radius 2 is 1.85 bits per heavy atom. The van der Waals surface area contributed by atoms with E-state index in [0.717, 1.165) is 39.8 Å². The number of amides is 1. The van der Waals surface area contributed by atoms with Crippen molar-refractivity contribution >= 4 is 16.9 Å². The number of furan rings is 1. The van der Waals surface area contributed by atoms with E-state index in [2.05, 4.69) is 29.2 Å². The van der Waals surface area contributed by atoms with Crippen molar-refractivity contribution in [1.82, 2.24) is 4.90 Å². The zero-order chi connectivity index (χ0) is 27.0. The Balaban J connectivity index is 1.29. The van der Waals surface area contributed by atoms with E-state index in [4.69, 9.17) is 9.15 Å². The van der Waals surface area contributed by atoms with Gasteiger partial charge in [-0.1, -0.05) is 42.5 Å². The van der Waals surface area contributed by atoms with Gasteiger partial charge in [-0.05, 0) is 65.9 Å². The minimum atomic E-state index is -1.28. The van der Waals surface area contributed by atoms with Crippen LogP contribution in [0.2, 0.25) is 0 Å². The van der Waals surface area contributed by atoms with Gasteiger partial charge in [-0.15, -0.1) is 0 Å². The van der Waals surface area contributed by atoms with Crippen molar-refractivity contribution in [2.45, 2.75) is 31.4 Å². The van der Waals surface area contributed by atoms with Gasteiger partial charge in [0.25, 0.3) is 0 Å². The lowest BCUT2D eigenvalue weighted by molar-refractivity contribution is -0.378. The van der Waals surface area contributed by atoms with Crippen LogP contribution in [-0.4, -0.2) is 29.6 Å². The van der Waals surface area contributed by atoms with Crippen molar-refractivity contribution < 1.29 is 24.0 Å². The van der Waals surface area contributed by atoms with Crippen molar-refractivity contribution in [2.24, 2.45) is 0 Å². The summed E-state index contributed by atoms with van der Waals surface area (Å²) in [5, 5.41) is 12.1. The predicted molar refractivity (Wildman–Crippen MR) is 148 cm³/mol. The van der Waals surface area contributed by atoms with Crippen LogP contribution in [0.1, 0.15) is 46.5 Å². The van der Waals surface area contributed by atoms with Crippen LogP contribution in [0.4, 0.5) is 0 Å². The summed E-state index contributed by atoms with van der Waals surface area (Å²) in [6.45, 7) is 2.35. The van der Waals surface area contributed by atoms with Gasteiger partial charge in [-0.3, -0.25) is 4.79 Å². The average molecular weight is 520 g/mol. The van der Waals surface area contributed by atoms with Crippen molar-refractivity contribution in [3.8, 4) is 5.75 Å². The maximum atomic E-state index is 13.8. The molecule has 1 aliphatic rings. The van der Waals surface area contributed by atoms with Crippen molar-refractivity contribution in [3.63, 3.8) is 0 Å². The molecule has 2 N–H and O–H groups in total. The molecule has 2 aromatic heterocycles. The molecule has 1 aliphatic heterocycles. The van der Waals surface area contributed by atoms with Crippen LogP contribution in [0, 0.1) is 0 Å². The molecular formula is C33H31N2O4+. The van der Waals surface area contributed by atoms with Crippen molar-refractivity contribution in [3.05, 3.63) is 131 Å². The van der Waals surface area contributed by atoms with E-state index in [-0.39, 0.29) is 18.4 Å². The second kappa shape index (κ2) is 10.0. The Kier molecular flexibility index (Phi) is 6.41. The molecule has 6 nitrogen and oxygen atoms in total. The number of pyridine rings is 1. The molecule has 0 saturated heterocycles.